The SMILES string of the molecule is CCOc1ncccc1-c1ccc(OC2CC3(C2)CN(C(=O)c2ccccc2CC(F)(F)F)C3)c(C(=O)NC2CCNC2)n1. The van der Waals surface area contributed by atoms with E-state index in [1.807, 2.05) is 13.0 Å². The minimum Gasteiger partial charge on any atom is -0.488 e. The van der Waals surface area contributed by atoms with Gasteiger partial charge in [-0.15, -0.1) is 0 Å². The molecule has 12 heteroatoms. The molecule has 1 spiro atoms. The van der Waals surface area contributed by atoms with Gasteiger partial charge in [-0.1, -0.05) is 18.2 Å². The molecule has 1 unspecified atom stereocenters. The molecule has 0 bridgehead atoms. The molecule has 2 saturated heterocycles. The van der Waals surface area contributed by atoms with Crippen molar-refractivity contribution >= 4 is 11.8 Å². The van der Waals surface area contributed by atoms with Crippen LogP contribution in [0.25, 0.3) is 11.3 Å². The first-order valence-corrected chi connectivity index (χ1v) is 14.8. The average molecular weight is 610 g/mol. The number of hydrogen-bond donors (Lipinski definition) is 2. The maximum absolute atomic E-state index is 13.4. The van der Waals surface area contributed by atoms with Crippen LogP contribution in [-0.4, -0.2) is 77.8 Å². The van der Waals surface area contributed by atoms with Crippen LogP contribution in [0, 0.1) is 5.41 Å². The number of halogens is 3. The van der Waals surface area contributed by atoms with Crippen molar-refractivity contribution in [2.75, 3.05) is 32.8 Å². The summed E-state index contributed by atoms with van der Waals surface area (Å²) < 4.78 is 51.1. The number of hydrogen-bond acceptors (Lipinski definition) is 7. The molecular formula is C32H34F3N5O4. The van der Waals surface area contributed by atoms with E-state index in [9.17, 15) is 22.8 Å². The van der Waals surface area contributed by atoms with E-state index in [1.165, 1.54) is 18.2 Å². The molecule has 3 aliphatic rings. The monoisotopic (exact) mass is 609 g/mol. The molecule has 3 fully saturated rings. The fourth-order valence-corrected chi connectivity index (χ4v) is 6.33. The number of nitrogens with one attached hydrogen (secondary N) is 2. The molecule has 1 aliphatic carbocycles. The van der Waals surface area contributed by atoms with Crippen LogP contribution in [0.4, 0.5) is 13.2 Å². The predicted molar refractivity (Wildman–Crippen MR) is 156 cm³/mol. The highest BCUT2D eigenvalue weighted by molar-refractivity contribution is 5.97. The van der Waals surface area contributed by atoms with Crippen LogP contribution in [0.15, 0.2) is 54.7 Å². The second kappa shape index (κ2) is 12.1. The third-order valence-electron chi connectivity index (χ3n) is 8.39. The van der Waals surface area contributed by atoms with Crippen molar-refractivity contribution in [3.8, 4) is 22.9 Å². The van der Waals surface area contributed by atoms with Crippen molar-refractivity contribution in [2.24, 2.45) is 5.41 Å². The maximum atomic E-state index is 13.4. The number of nitrogens with zero attached hydrogens (tertiary/aromatic N) is 3. The van der Waals surface area contributed by atoms with Crippen molar-refractivity contribution in [2.45, 2.75) is 50.9 Å². The molecule has 1 atom stereocenters. The fourth-order valence-electron chi connectivity index (χ4n) is 6.33. The molecule has 2 aromatic heterocycles. The maximum Gasteiger partial charge on any atom is 0.393 e. The first-order chi connectivity index (χ1) is 21.1. The van der Waals surface area contributed by atoms with Crippen LogP contribution in [0.2, 0.25) is 0 Å². The number of likely N-dealkylation sites (tertiary alicyclic amines) is 1. The molecule has 2 aliphatic heterocycles. The highest BCUT2D eigenvalue weighted by atomic mass is 19.4. The first kappa shape index (κ1) is 29.9. The lowest BCUT2D eigenvalue weighted by Crippen LogP contribution is -2.65. The molecule has 2 amide bonds. The third-order valence-corrected chi connectivity index (χ3v) is 8.39. The Morgan fingerprint density at radius 3 is 2.64 bits per heavy atom. The van der Waals surface area contributed by atoms with E-state index in [1.54, 1.807) is 35.4 Å². The number of carbonyl (C=O) groups is 2. The van der Waals surface area contributed by atoms with E-state index in [4.69, 9.17) is 14.5 Å². The Balaban J connectivity index is 1.14. The van der Waals surface area contributed by atoms with Crippen LogP contribution in [0.3, 0.4) is 0 Å². The van der Waals surface area contributed by atoms with Gasteiger partial charge in [-0.25, -0.2) is 9.97 Å². The summed E-state index contributed by atoms with van der Waals surface area (Å²) in [7, 11) is 0. The second-order valence-electron chi connectivity index (χ2n) is 11.8. The van der Waals surface area contributed by atoms with Gasteiger partial charge in [0.2, 0.25) is 5.88 Å². The molecule has 0 radical (unpaired) electrons. The lowest BCUT2D eigenvalue weighted by atomic mass is 9.61. The molecular weight excluding hydrogens is 575 g/mol. The molecule has 232 valence electrons. The van der Waals surface area contributed by atoms with E-state index < -0.39 is 12.6 Å². The van der Waals surface area contributed by atoms with Gasteiger partial charge in [0.25, 0.3) is 11.8 Å². The topological polar surface area (TPSA) is 106 Å². The van der Waals surface area contributed by atoms with Gasteiger partial charge in [0.05, 0.1) is 24.3 Å². The number of carbonyl (C=O) groups excluding carboxylic acids is 2. The summed E-state index contributed by atoms with van der Waals surface area (Å²) in [5.74, 6) is 0.0759. The smallest absolute Gasteiger partial charge is 0.393 e. The molecule has 2 N–H and O–H groups in total. The normalized spacial score (nSPS) is 19.3. The third kappa shape index (κ3) is 6.35. The van der Waals surface area contributed by atoms with Gasteiger partial charge in [0, 0.05) is 42.9 Å². The lowest BCUT2D eigenvalue weighted by molar-refractivity contribution is -0.127. The molecule has 9 nitrogen and oxygen atoms in total. The van der Waals surface area contributed by atoms with E-state index in [2.05, 4.69) is 15.6 Å². The van der Waals surface area contributed by atoms with Gasteiger partial charge < -0.3 is 25.0 Å². The Kier molecular flexibility index (Phi) is 8.19. The number of rotatable bonds is 9. The van der Waals surface area contributed by atoms with Gasteiger partial charge in [-0.3, -0.25) is 9.59 Å². The van der Waals surface area contributed by atoms with Gasteiger partial charge >= 0.3 is 6.18 Å². The Hall–Kier alpha value is -4.19. The standard InChI is InChI=1S/C32H34F3N5O4/c1-2-43-29-24(8-5-12-37-29)25-9-10-26(27(39-25)28(41)38-21-11-13-36-17-21)44-22-15-31(16-22)18-40(19-31)30(42)23-7-4-3-6-20(23)14-32(33,34)35/h3-10,12,21-22,36H,2,11,13-19H2,1H3,(H,38,41). The number of amides is 2. The zero-order valence-electron chi connectivity index (χ0n) is 24.3. The van der Waals surface area contributed by atoms with Crippen LogP contribution in [-0.2, 0) is 6.42 Å². The number of aromatic nitrogens is 2. The van der Waals surface area contributed by atoms with E-state index in [-0.39, 0.29) is 46.2 Å². The molecule has 1 aromatic carbocycles. The van der Waals surface area contributed by atoms with Crippen molar-refractivity contribution in [3.05, 3.63) is 71.5 Å². The van der Waals surface area contributed by atoms with E-state index in [0.717, 1.165) is 13.0 Å². The summed E-state index contributed by atoms with van der Waals surface area (Å²) in [6.45, 7) is 4.71. The summed E-state index contributed by atoms with van der Waals surface area (Å²) in [5.41, 5.74) is 1.30. The van der Waals surface area contributed by atoms with Gasteiger partial charge in [-0.2, -0.15) is 13.2 Å². The fraction of sp³-hybridized carbons (Fsp3) is 0.438. The Labute approximate surface area is 253 Å². The summed E-state index contributed by atoms with van der Waals surface area (Å²) in [6.07, 6.45) is -1.95. The van der Waals surface area contributed by atoms with Gasteiger partial charge in [0.1, 0.15) is 6.10 Å². The van der Waals surface area contributed by atoms with Crippen LogP contribution >= 0.6 is 0 Å². The van der Waals surface area contributed by atoms with Gasteiger partial charge in [-0.05, 0) is 68.6 Å². The summed E-state index contributed by atoms with van der Waals surface area (Å²) >= 11 is 0. The van der Waals surface area contributed by atoms with Gasteiger partial charge in [0.15, 0.2) is 11.4 Å². The molecule has 4 heterocycles. The number of alkyl halides is 3. The number of ether oxygens (including phenoxy) is 2. The summed E-state index contributed by atoms with van der Waals surface area (Å²) in [5, 5.41) is 6.29. The number of pyridine rings is 2. The predicted octanol–water partition coefficient (Wildman–Crippen LogP) is 4.42. The average Bonchev–Trinajstić information content (AvgIpc) is 3.46. The van der Waals surface area contributed by atoms with Crippen LogP contribution < -0.4 is 20.1 Å². The van der Waals surface area contributed by atoms with Crippen molar-refractivity contribution in [1.29, 1.82) is 0 Å². The lowest BCUT2D eigenvalue weighted by Gasteiger charge is -2.58. The van der Waals surface area contributed by atoms with Crippen molar-refractivity contribution < 1.29 is 32.2 Å². The van der Waals surface area contributed by atoms with Crippen molar-refractivity contribution in [1.82, 2.24) is 25.5 Å². The van der Waals surface area contributed by atoms with E-state index in [0.29, 0.717) is 62.0 Å². The molecule has 44 heavy (non-hydrogen) atoms. The molecule has 6 rings (SSSR count). The first-order valence-electron chi connectivity index (χ1n) is 14.8. The molecule has 3 aromatic rings. The van der Waals surface area contributed by atoms with Crippen molar-refractivity contribution in [3.63, 3.8) is 0 Å². The minimum atomic E-state index is -4.40. The highest BCUT2D eigenvalue weighted by Crippen LogP contribution is 2.50. The Bertz CT molecular complexity index is 1530. The number of benzene rings is 1. The van der Waals surface area contributed by atoms with E-state index >= 15 is 0 Å². The second-order valence-corrected chi connectivity index (χ2v) is 11.8. The van der Waals surface area contributed by atoms with Crippen LogP contribution in [0.5, 0.6) is 11.6 Å². The Morgan fingerprint density at radius 1 is 1.11 bits per heavy atom. The zero-order valence-corrected chi connectivity index (χ0v) is 24.3. The quantitative estimate of drug-likeness (QED) is 0.370. The Morgan fingerprint density at radius 2 is 1.91 bits per heavy atom. The zero-order chi connectivity index (χ0) is 30.9. The summed E-state index contributed by atoms with van der Waals surface area (Å²) in [6, 6.07) is 13.0. The minimum absolute atomic E-state index is 0.00934. The summed E-state index contributed by atoms with van der Waals surface area (Å²) in [4.78, 5) is 37.1. The van der Waals surface area contributed by atoms with Crippen LogP contribution in [0.1, 0.15) is 52.6 Å². The molecule has 1 saturated carbocycles. The highest BCUT2D eigenvalue weighted by Gasteiger charge is 2.55. The largest absolute Gasteiger partial charge is 0.488 e.